The number of nitrogens with one attached hydrogen (secondary N) is 2. The molecule has 0 unspecified atom stereocenters. The number of hydrazine groups is 1. The molecule has 2 amide bonds. The van der Waals surface area contributed by atoms with Gasteiger partial charge >= 0.3 is 0 Å². The maximum Gasteiger partial charge on any atom is 0.253 e. The zero-order valence-electron chi connectivity index (χ0n) is 9.34. The van der Waals surface area contributed by atoms with Crippen molar-refractivity contribution < 1.29 is 9.59 Å². The van der Waals surface area contributed by atoms with Crippen molar-refractivity contribution in [3.63, 3.8) is 0 Å². The highest BCUT2D eigenvalue weighted by Crippen LogP contribution is 2.04. The molecule has 0 rings (SSSR count). The van der Waals surface area contributed by atoms with E-state index in [1.54, 1.807) is 0 Å². The van der Waals surface area contributed by atoms with Gasteiger partial charge in [-0.15, -0.1) is 0 Å². The van der Waals surface area contributed by atoms with Crippen molar-refractivity contribution >= 4 is 11.8 Å². The molecule has 0 aliphatic carbocycles. The fraction of sp³-hybridized carbons (Fsp3) is 0.800. The lowest BCUT2D eigenvalue weighted by Gasteiger charge is -2.03. The minimum atomic E-state index is -0.380. The summed E-state index contributed by atoms with van der Waals surface area (Å²) in [5.41, 5.74) is 1.95. The van der Waals surface area contributed by atoms with Gasteiger partial charge in [0.05, 0.1) is 6.54 Å². The van der Waals surface area contributed by atoms with Crippen LogP contribution in [0.4, 0.5) is 0 Å². The Balaban J connectivity index is 3.30. The zero-order chi connectivity index (χ0) is 11.5. The molecule has 5 heteroatoms. The third-order valence-electron chi connectivity index (χ3n) is 2.11. The molecule has 0 aromatic carbocycles. The van der Waals surface area contributed by atoms with Gasteiger partial charge in [0.2, 0.25) is 5.91 Å². The second kappa shape index (κ2) is 9.45. The summed E-state index contributed by atoms with van der Waals surface area (Å²) in [6, 6.07) is 0. The lowest BCUT2D eigenvalue weighted by Crippen LogP contribution is -2.40. The molecular weight excluding hydrogens is 194 g/mol. The van der Waals surface area contributed by atoms with Gasteiger partial charge < -0.3 is 5.32 Å². The van der Waals surface area contributed by atoms with Crippen molar-refractivity contribution in [2.75, 3.05) is 6.54 Å². The van der Waals surface area contributed by atoms with Gasteiger partial charge in [-0.25, -0.2) is 5.84 Å². The fourth-order valence-corrected chi connectivity index (χ4v) is 1.21. The van der Waals surface area contributed by atoms with Gasteiger partial charge in [0.25, 0.3) is 5.91 Å². The molecule has 0 atom stereocenters. The van der Waals surface area contributed by atoms with E-state index in [1.165, 1.54) is 19.3 Å². The predicted molar refractivity (Wildman–Crippen MR) is 58.7 cm³/mol. The summed E-state index contributed by atoms with van der Waals surface area (Å²) >= 11 is 0. The second-order valence-electron chi connectivity index (χ2n) is 3.51. The molecular formula is C10H21N3O2. The molecule has 0 aromatic heterocycles. The van der Waals surface area contributed by atoms with Gasteiger partial charge in [0.15, 0.2) is 0 Å². The Kier molecular flexibility index (Phi) is 8.76. The van der Waals surface area contributed by atoms with Crippen molar-refractivity contribution in [1.82, 2.24) is 10.7 Å². The second-order valence-corrected chi connectivity index (χ2v) is 3.51. The lowest BCUT2D eigenvalue weighted by molar-refractivity contribution is -0.126. The molecule has 5 nitrogen and oxygen atoms in total. The first kappa shape index (κ1) is 13.9. The van der Waals surface area contributed by atoms with E-state index in [0.717, 1.165) is 12.8 Å². The summed E-state index contributed by atoms with van der Waals surface area (Å²) in [6.45, 7) is 2.11. The van der Waals surface area contributed by atoms with Gasteiger partial charge in [-0.2, -0.15) is 0 Å². The topological polar surface area (TPSA) is 84.2 Å². The Bertz CT molecular complexity index is 195. The van der Waals surface area contributed by atoms with Crippen LogP contribution in [0.2, 0.25) is 0 Å². The van der Waals surface area contributed by atoms with E-state index in [0.29, 0.717) is 6.42 Å². The molecule has 0 fully saturated rings. The van der Waals surface area contributed by atoms with Crippen LogP contribution in [0.15, 0.2) is 0 Å². The van der Waals surface area contributed by atoms with Crippen LogP contribution in [0.3, 0.4) is 0 Å². The predicted octanol–water partition coefficient (Wildman–Crippen LogP) is 0.453. The van der Waals surface area contributed by atoms with Crippen LogP contribution in [0.25, 0.3) is 0 Å². The van der Waals surface area contributed by atoms with Crippen LogP contribution in [0.1, 0.15) is 45.4 Å². The minimum Gasteiger partial charge on any atom is -0.347 e. The van der Waals surface area contributed by atoms with Crippen molar-refractivity contribution in [2.45, 2.75) is 45.4 Å². The molecule has 4 N–H and O–H groups in total. The Morgan fingerprint density at radius 3 is 2.33 bits per heavy atom. The Labute approximate surface area is 90.8 Å². The van der Waals surface area contributed by atoms with Crippen molar-refractivity contribution in [3.8, 4) is 0 Å². The Morgan fingerprint density at radius 2 is 1.73 bits per heavy atom. The van der Waals surface area contributed by atoms with Crippen LogP contribution in [0, 0.1) is 0 Å². The third-order valence-corrected chi connectivity index (χ3v) is 2.11. The summed E-state index contributed by atoms with van der Waals surface area (Å²) in [5.74, 6) is 4.39. The largest absolute Gasteiger partial charge is 0.347 e. The van der Waals surface area contributed by atoms with Gasteiger partial charge in [0.1, 0.15) is 0 Å². The van der Waals surface area contributed by atoms with Gasteiger partial charge in [-0.1, -0.05) is 32.6 Å². The molecule has 0 radical (unpaired) electrons. The first-order valence-corrected chi connectivity index (χ1v) is 5.46. The van der Waals surface area contributed by atoms with Crippen LogP contribution in [0.5, 0.6) is 0 Å². The summed E-state index contributed by atoms with van der Waals surface area (Å²) in [5, 5.41) is 2.49. The number of carbonyl (C=O) groups is 2. The molecule has 0 aromatic rings. The smallest absolute Gasteiger partial charge is 0.253 e. The number of hydrogen-bond acceptors (Lipinski definition) is 3. The molecule has 0 heterocycles. The lowest BCUT2D eigenvalue weighted by atomic mass is 10.1. The molecule has 88 valence electrons. The highest BCUT2D eigenvalue weighted by atomic mass is 16.2. The van der Waals surface area contributed by atoms with E-state index in [2.05, 4.69) is 12.2 Å². The maximum absolute atomic E-state index is 11.2. The average Bonchev–Trinajstić information content (AvgIpc) is 2.25. The van der Waals surface area contributed by atoms with E-state index < -0.39 is 0 Å². The van der Waals surface area contributed by atoms with Crippen LogP contribution < -0.4 is 16.6 Å². The fourth-order valence-electron chi connectivity index (χ4n) is 1.21. The number of amides is 2. The number of carbonyl (C=O) groups excluding carboxylic acids is 2. The highest BCUT2D eigenvalue weighted by Gasteiger charge is 2.03. The normalized spacial score (nSPS) is 9.73. The van der Waals surface area contributed by atoms with E-state index >= 15 is 0 Å². The quantitative estimate of drug-likeness (QED) is 0.238. The molecule has 15 heavy (non-hydrogen) atoms. The minimum absolute atomic E-state index is 0.0374. The maximum atomic E-state index is 11.2. The average molecular weight is 215 g/mol. The standard InChI is InChI=1S/C10H21N3O2/c1-2-3-4-5-6-7-9(14)12-8-10(15)13-11/h2-8,11H2,1H3,(H,12,14)(H,13,15). The van der Waals surface area contributed by atoms with Gasteiger partial charge in [0, 0.05) is 6.42 Å². The van der Waals surface area contributed by atoms with Crippen LogP contribution >= 0.6 is 0 Å². The summed E-state index contributed by atoms with van der Waals surface area (Å²) in [6.07, 6.45) is 6.04. The van der Waals surface area contributed by atoms with Crippen molar-refractivity contribution in [3.05, 3.63) is 0 Å². The van der Waals surface area contributed by atoms with Crippen LogP contribution in [-0.2, 0) is 9.59 Å². The summed E-state index contributed by atoms with van der Waals surface area (Å²) in [7, 11) is 0. The SMILES string of the molecule is CCCCCCCC(=O)NCC(=O)NN. The molecule has 0 saturated heterocycles. The number of nitrogens with two attached hydrogens (primary N) is 1. The molecule has 0 saturated carbocycles. The Hall–Kier alpha value is -1.10. The van der Waals surface area contributed by atoms with Crippen LogP contribution in [-0.4, -0.2) is 18.4 Å². The van der Waals surface area contributed by atoms with Crippen molar-refractivity contribution in [2.24, 2.45) is 5.84 Å². The summed E-state index contributed by atoms with van der Waals surface area (Å²) < 4.78 is 0. The summed E-state index contributed by atoms with van der Waals surface area (Å²) in [4.78, 5) is 21.8. The number of rotatable bonds is 8. The van der Waals surface area contributed by atoms with Crippen molar-refractivity contribution in [1.29, 1.82) is 0 Å². The monoisotopic (exact) mass is 215 g/mol. The van der Waals surface area contributed by atoms with E-state index in [4.69, 9.17) is 5.84 Å². The number of unbranched alkanes of at least 4 members (excludes halogenated alkanes) is 4. The third kappa shape index (κ3) is 9.21. The van der Waals surface area contributed by atoms with Gasteiger partial charge in [-0.05, 0) is 6.42 Å². The van der Waals surface area contributed by atoms with Gasteiger partial charge in [-0.3, -0.25) is 15.0 Å². The van der Waals surface area contributed by atoms with E-state index in [1.807, 2.05) is 5.43 Å². The first-order chi connectivity index (χ1) is 7.20. The Morgan fingerprint density at radius 1 is 1.07 bits per heavy atom. The van der Waals surface area contributed by atoms with E-state index in [-0.39, 0.29) is 18.4 Å². The molecule has 0 bridgehead atoms. The highest BCUT2D eigenvalue weighted by molar-refractivity contribution is 5.84. The molecule has 0 aliphatic heterocycles. The molecule has 0 spiro atoms. The van der Waals surface area contributed by atoms with E-state index in [9.17, 15) is 9.59 Å². The zero-order valence-corrected chi connectivity index (χ0v) is 9.34. The first-order valence-electron chi connectivity index (χ1n) is 5.46. The molecule has 0 aliphatic rings. The number of hydrogen-bond donors (Lipinski definition) is 3.